The third-order valence-electron chi connectivity index (χ3n) is 3.23. The minimum atomic E-state index is -0.469. The maximum absolute atomic E-state index is 13.6. The van der Waals surface area contributed by atoms with Crippen LogP contribution in [0, 0.1) is 5.82 Å². The van der Waals surface area contributed by atoms with E-state index >= 15 is 0 Å². The molecule has 5 heteroatoms. The van der Waals surface area contributed by atoms with Crippen LogP contribution in [0.5, 0.6) is 11.5 Å². The first kappa shape index (κ1) is 15.8. The number of halogens is 1. The molecule has 0 saturated carbocycles. The maximum atomic E-state index is 13.6. The molecular weight excluding hydrogens is 285 g/mol. The Morgan fingerprint density at radius 1 is 1.05 bits per heavy atom. The minimum Gasteiger partial charge on any atom is -0.497 e. The van der Waals surface area contributed by atoms with Crippen LogP contribution in [-0.2, 0) is 17.8 Å². The summed E-state index contributed by atoms with van der Waals surface area (Å²) in [5.41, 5.74) is 1.57. The molecule has 0 aliphatic carbocycles. The fourth-order valence-corrected chi connectivity index (χ4v) is 2.01. The lowest BCUT2D eigenvalue weighted by Crippen LogP contribution is -2.24. The molecule has 116 valence electrons. The van der Waals surface area contributed by atoms with Gasteiger partial charge < -0.3 is 14.8 Å². The molecule has 0 bridgehead atoms. The zero-order valence-corrected chi connectivity index (χ0v) is 12.6. The van der Waals surface area contributed by atoms with Crippen molar-refractivity contribution < 1.29 is 18.7 Å². The summed E-state index contributed by atoms with van der Waals surface area (Å²) in [5.74, 6) is 0.300. The number of ether oxygens (including phenoxy) is 2. The Labute approximate surface area is 128 Å². The molecule has 2 rings (SSSR count). The van der Waals surface area contributed by atoms with E-state index < -0.39 is 5.82 Å². The molecule has 0 radical (unpaired) electrons. The van der Waals surface area contributed by atoms with Gasteiger partial charge in [0.1, 0.15) is 5.75 Å². The highest BCUT2D eigenvalue weighted by atomic mass is 19.1. The monoisotopic (exact) mass is 303 g/mol. The lowest BCUT2D eigenvalue weighted by molar-refractivity contribution is -0.120. The Morgan fingerprint density at radius 2 is 1.73 bits per heavy atom. The van der Waals surface area contributed by atoms with Crippen LogP contribution in [0.15, 0.2) is 42.5 Å². The quantitative estimate of drug-likeness (QED) is 0.892. The Morgan fingerprint density at radius 3 is 2.32 bits per heavy atom. The van der Waals surface area contributed by atoms with Crippen LogP contribution in [0.1, 0.15) is 11.1 Å². The van der Waals surface area contributed by atoms with Crippen molar-refractivity contribution in [1.82, 2.24) is 5.32 Å². The largest absolute Gasteiger partial charge is 0.497 e. The molecule has 0 saturated heterocycles. The number of carbonyl (C=O) groups is 1. The van der Waals surface area contributed by atoms with Gasteiger partial charge in [-0.15, -0.1) is 0 Å². The third-order valence-corrected chi connectivity index (χ3v) is 3.23. The van der Waals surface area contributed by atoms with E-state index in [1.54, 1.807) is 13.2 Å². The zero-order valence-electron chi connectivity index (χ0n) is 12.6. The topological polar surface area (TPSA) is 47.6 Å². The summed E-state index contributed by atoms with van der Waals surface area (Å²) < 4.78 is 23.5. The summed E-state index contributed by atoms with van der Waals surface area (Å²) in [7, 11) is 3.00. The van der Waals surface area contributed by atoms with Gasteiger partial charge in [0, 0.05) is 6.54 Å². The van der Waals surface area contributed by atoms with Crippen molar-refractivity contribution in [2.24, 2.45) is 0 Å². The van der Waals surface area contributed by atoms with Crippen LogP contribution in [-0.4, -0.2) is 20.1 Å². The van der Waals surface area contributed by atoms with Gasteiger partial charge in [0.2, 0.25) is 5.91 Å². The van der Waals surface area contributed by atoms with Gasteiger partial charge in [-0.25, -0.2) is 4.39 Å². The number of hydrogen-bond donors (Lipinski definition) is 1. The van der Waals surface area contributed by atoms with Crippen molar-refractivity contribution in [2.75, 3.05) is 14.2 Å². The van der Waals surface area contributed by atoms with E-state index in [-0.39, 0.29) is 18.1 Å². The van der Waals surface area contributed by atoms with Crippen LogP contribution in [0.2, 0.25) is 0 Å². The van der Waals surface area contributed by atoms with Crippen molar-refractivity contribution in [1.29, 1.82) is 0 Å². The minimum absolute atomic E-state index is 0.122. The molecule has 1 N–H and O–H groups in total. The molecule has 0 fully saturated rings. The summed E-state index contributed by atoms with van der Waals surface area (Å²) in [6.45, 7) is 0.418. The van der Waals surface area contributed by atoms with E-state index in [2.05, 4.69) is 5.32 Å². The highest BCUT2D eigenvalue weighted by molar-refractivity contribution is 5.78. The lowest BCUT2D eigenvalue weighted by Gasteiger charge is -2.08. The molecule has 22 heavy (non-hydrogen) atoms. The van der Waals surface area contributed by atoms with Crippen LogP contribution >= 0.6 is 0 Å². The van der Waals surface area contributed by atoms with E-state index in [9.17, 15) is 9.18 Å². The molecule has 4 nitrogen and oxygen atoms in total. The third kappa shape index (κ3) is 4.22. The fraction of sp³-hybridized carbons (Fsp3) is 0.235. The van der Waals surface area contributed by atoms with Crippen LogP contribution < -0.4 is 14.8 Å². The molecule has 2 aromatic rings. The van der Waals surface area contributed by atoms with Gasteiger partial charge >= 0.3 is 0 Å². The highest BCUT2D eigenvalue weighted by Gasteiger charge is 2.07. The molecule has 0 heterocycles. The normalized spacial score (nSPS) is 10.1. The van der Waals surface area contributed by atoms with Crippen molar-refractivity contribution >= 4 is 5.91 Å². The van der Waals surface area contributed by atoms with Gasteiger partial charge in [0.05, 0.1) is 20.6 Å². The number of methoxy groups -OCH3 is 2. The van der Waals surface area contributed by atoms with Crippen molar-refractivity contribution in [3.8, 4) is 11.5 Å². The standard InChI is InChI=1S/C17H18FNO3/c1-21-14-6-3-12(4-7-14)11-19-17(20)10-13-5-8-16(22-2)15(18)9-13/h3-9H,10-11H2,1-2H3,(H,19,20). The van der Waals surface area contributed by atoms with E-state index in [1.165, 1.54) is 19.2 Å². The highest BCUT2D eigenvalue weighted by Crippen LogP contribution is 2.18. The average Bonchev–Trinajstić information content (AvgIpc) is 2.53. The summed E-state index contributed by atoms with van der Waals surface area (Å²) in [5, 5.41) is 2.80. The Bertz CT molecular complexity index is 641. The predicted molar refractivity (Wildman–Crippen MR) is 81.5 cm³/mol. The molecule has 0 spiro atoms. The van der Waals surface area contributed by atoms with Crippen molar-refractivity contribution in [3.63, 3.8) is 0 Å². The molecule has 0 aromatic heterocycles. The van der Waals surface area contributed by atoms with E-state index in [4.69, 9.17) is 9.47 Å². The SMILES string of the molecule is COc1ccc(CNC(=O)Cc2ccc(OC)c(F)c2)cc1. The fourth-order valence-electron chi connectivity index (χ4n) is 2.01. The predicted octanol–water partition coefficient (Wildman–Crippen LogP) is 2.70. The molecule has 0 aliphatic rings. The molecule has 0 atom stereocenters. The molecule has 0 aliphatic heterocycles. The Hall–Kier alpha value is -2.56. The number of benzene rings is 2. The molecular formula is C17H18FNO3. The van der Waals surface area contributed by atoms with E-state index in [1.807, 2.05) is 24.3 Å². The molecule has 0 unspecified atom stereocenters. The summed E-state index contributed by atoms with van der Waals surface area (Å²) >= 11 is 0. The first-order chi connectivity index (χ1) is 10.6. The first-order valence-electron chi connectivity index (χ1n) is 6.84. The number of amides is 1. The number of carbonyl (C=O) groups excluding carboxylic acids is 1. The Kier molecular flexibility index (Phi) is 5.36. The Balaban J connectivity index is 1.88. The van der Waals surface area contributed by atoms with Gasteiger partial charge in [-0.05, 0) is 35.4 Å². The first-order valence-corrected chi connectivity index (χ1v) is 6.84. The number of hydrogen-bond acceptors (Lipinski definition) is 3. The van der Waals surface area contributed by atoms with Crippen molar-refractivity contribution in [2.45, 2.75) is 13.0 Å². The van der Waals surface area contributed by atoms with Gasteiger partial charge in [0.25, 0.3) is 0 Å². The van der Waals surface area contributed by atoms with Crippen molar-refractivity contribution in [3.05, 3.63) is 59.4 Å². The molecule has 1 amide bonds. The van der Waals surface area contributed by atoms with Crippen LogP contribution in [0.25, 0.3) is 0 Å². The number of rotatable bonds is 6. The number of nitrogens with one attached hydrogen (secondary N) is 1. The maximum Gasteiger partial charge on any atom is 0.224 e. The average molecular weight is 303 g/mol. The van der Waals surface area contributed by atoms with E-state index in [0.29, 0.717) is 12.1 Å². The lowest BCUT2D eigenvalue weighted by atomic mass is 10.1. The van der Waals surface area contributed by atoms with Crippen LogP contribution in [0.3, 0.4) is 0 Å². The second-order valence-electron chi connectivity index (χ2n) is 4.77. The zero-order chi connectivity index (χ0) is 15.9. The van der Waals surface area contributed by atoms with Crippen LogP contribution in [0.4, 0.5) is 4.39 Å². The van der Waals surface area contributed by atoms with Gasteiger partial charge in [0.15, 0.2) is 11.6 Å². The van der Waals surface area contributed by atoms with Gasteiger partial charge in [-0.3, -0.25) is 4.79 Å². The van der Waals surface area contributed by atoms with Gasteiger partial charge in [-0.2, -0.15) is 0 Å². The van der Waals surface area contributed by atoms with Gasteiger partial charge in [-0.1, -0.05) is 18.2 Å². The second-order valence-corrected chi connectivity index (χ2v) is 4.77. The summed E-state index contributed by atoms with van der Waals surface area (Å²) in [4.78, 5) is 11.9. The summed E-state index contributed by atoms with van der Waals surface area (Å²) in [6, 6.07) is 11.9. The smallest absolute Gasteiger partial charge is 0.224 e. The summed E-state index contributed by atoms with van der Waals surface area (Å²) in [6.07, 6.45) is 0.122. The molecule has 2 aromatic carbocycles. The van der Waals surface area contributed by atoms with E-state index in [0.717, 1.165) is 11.3 Å². The second kappa shape index (κ2) is 7.45.